The fraction of sp³-hybridized carbons (Fsp3) is 0.235. The van der Waals surface area contributed by atoms with E-state index in [-0.39, 0.29) is 17.6 Å². The third-order valence-electron chi connectivity index (χ3n) is 3.36. The van der Waals surface area contributed by atoms with E-state index >= 15 is 0 Å². The highest BCUT2D eigenvalue weighted by atomic mass is 79.9. The predicted octanol–water partition coefficient (Wildman–Crippen LogP) is 4.84. The Hall–Kier alpha value is -1.81. The van der Waals surface area contributed by atoms with E-state index in [2.05, 4.69) is 21.2 Å². The molecule has 0 unspecified atom stereocenters. The van der Waals surface area contributed by atoms with Gasteiger partial charge in [-0.25, -0.2) is 0 Å². The fourth-order valence-corrected chi connectivity index (χ4v) is 2.61. The number of carbonyl (C=O) groups excluding carboxylic acids is 1. The summed E-state index contributed by atoms with van der Waals surface area (Å²) in [6.45, 7) is 5.87. The van der Waals surface area contributed by atoms with Crippen molar-refractivity contribution in [1.29, 1.82) is 0 Å². The SMILES string of the molecule is Cc1cc(O)c(C(C)C)cc1NC(=O)c1ccccc1Br. The topological polar surface area (TPSA) is 49.3 Å². The van der Waals surface area contributed by atoms with Gasteiger partial charge in [-0.05, 0) is 64.2 Å². The molecule has 0 aliphatic heterocycles. The van der Waals surface area contributed by atoms with Gasteiger partial charge in [0.25, 0.3) is 5.91 Å². The number of phenolic OH excluding ortho intramolecular Hbond substituents is 1. The Kier molecular flexibility index (Phi) is 4.68. The van der Waals surface area contributed by atoms with Gasteiger partial charge in [0.1, 0.15) is 5.75 Å². The maximum atomic E-state index is 12.3. The molecule has 0 spiro atoms. The Bertz CT molecular complexity index is 680. The standard InChI is InChI=1S/C17H18BrNO2/c1-10(2)13-9-15(11(3)8-16(13)20)19-17(21)12-6-4-5-7-14(12)18/h4-10,20H,1-3H3,(H,19,21). The average molecular weight is 348 g/mol. The molecule has 0 aliphatic rings. The molecule has 2 rings (SSSR count). The molecule has 21 heavy (non-hydrogen) atoms. The van der Waals surface area contributed by atoms with Crippen LogP contribution in [0.4, 0.5) is 5.69 Å². The zero-order chi connectivity index (χ0) is 15.6. The summed E-state index contributed by atoms with van der Waals surface area (Å²) >= 11 is 3.38. The summed E-state index contributed by atoms with van der Waals surface area (Å²) in [4.78, 5) is 12.3. The first-order chi connectivity index (χ1) is 9.90. The lowest BCUT2D eigenvalue weighted by molar-refractivity contribution is 0.102. The van der Waals surface area contributed by atoms with E-state index in [9.17, 15) is 9.90 Å². The van der Waals surface area contributed by atoms with Gasteiger partial charge in [-0.2, -0.15) is 0 Å². The number of benzene rings is 2. The first kappa shape index (κ1) is 15.6. The summed E-state index contributed by atoms with van der Waals surface area (Å²) in [5.41, 5.74) is 2.95. The smallest absolute Gasteiger partial charge is 0.256 e. The Balaban J connectivity index is 2.34. The van der Waals surface area contributed by atoms with E-state index < -0.39 is 0 Å². The predicted molar refractivity (Wildman–Crippen MR) is 89.0 cm³/mol. The third kappa shape index (κ3) is 3.45. The Labute approximate surface area is 133 Å². The largest absolute Gasteiger partial charge is 0.508 e. The number of nitrogens with one attached hydrogen (secondary N) is 1. The van der Waals surface area contributed by atoms with Crippen LogP contribution in [0.1, 0.15) is 41.3 Å². The fourth-order valence-electron chi connectivity index (χ4n) is 2.14. The van der Waals surface area contributed by atoms with Crippen molar-refractivity contribution in [2.45, 2.75) is 26.7 Å². The molecule has 1 amide bonds. The van der Waals surface area contributed by atoms with Crippen molar-refractivity contribution in [3.05, 3.63) is 57.6 Å². The van der Waals surface area contributed by atoms with E-state index in [0.29, 0.717) is 5.56 Å². The minimum atomic E-state index is -0.175. The van der Waals surface area contributed by atoms with Gasteiger partial charge in [-0.15, -0.1) is 0 Å². The number of carbonyl (C=O) groups is 1. The second-order valence-corrected chi connectivity index (χ2v) is 6.17. The van der Waals surface area contributed by atoms with Crippen LogP contribution in [0.3, 0.4) is 0 Å². The van der Waals surface area contributed by atoms with Crippen molar-refractivity contribution in [3.63, 3.8) is 0 Å². The maximum absolute atomic E-state index is 12.3. The number of phenols is 1. The van der Waals surface area contributed by atoms with Gasteiger partial charge in [-0.1, -0.05) is 26.0 Å². The van der Waals surface area contributed by atoms with Crippen LogP contribution in [-0.4, -0.2) is 11.0 Å². The van der Waals surface area contributed by atoms with Gasteiger partial charge in [0.05, 0.1) is 5.56 Å². The quantitative estimate of drug-likeness (QED) is 0.780. The molecule has 3 nitrogen and oxygen atoms in total. The molecule has 0 saturated carbocycles. The van der Waals surface area contributed by atoms with Gasteiger partial charge >= 0.3 is 0 Å². The van der Waals surface area contributed by atoms with Gasteiger partial charge in [0.15, 0.2) is 0 Å². The van der Waals surface area contributed by atoms with Gasteiger partial charge in [0, 0.05) is 10.2 Å². The first-order valence-electron chi connectivity index (χ1n) is 6.79. The summed E-state index contributed by atoms with van der Waals surface area (Å²) in [5.74, 6) is 0.275. The molecule has 0 atom stereocenters. The molecule has 0 fully saturated rings. The summed E-state index contributed by atoms with van der Waals surface area (Å²) in [6, 6.07) is 10.8. The number of hydrogen-bond acceptors (Lipinski definition) is 2. The maximum Gasteiger partial charge on any atom is 0.256 e. The van der Waals surface area contributed by atoms with Crippen molar-refractivity contribution < 1.29 is 9.90 Å². The minimum Gasteiger partial charge on any atom is -0.508 e. The van der Waals surface area contributed by atoms with Crippen LogP contribution in [0.5, 0.6) is 5.75 Å². The molecular weight excluding hydrogens is 330 g/mol. The number of halogens is 1. The van der Waals surface area contributed by atoms with E-state index in [1.165, 1.54) is 0 Å². The molecule has 0 aromatic heterocycles. The van der Waals surface area contributed by atoms with Gasteiger partial charge in [0.2, 0.25) is 0 Å². The molecule has 0 aliphatic carbocycles. The van der Waals surface area contributed by atoms with E-state index in [1.807, 2.05) is 45.0 Å². The summed E-state index contributed by atoms with van der Waals surface area (Å²) in [5, 5.41) is 12.9. The van der Waals surface area contributed by atoms with Crippen molar-refractivity contribution >= 4 is 27.5 Å². The number of aromatic hydroxyl groups is 1. The van der Waals surface area contributed by atoms with Crippen molar-refractivity contribution in [2.75, 3.05) is 5.32 Å². The summed E-state index contributed by atoms with van der Waals surface area (Å²) in [6.07, 6.45) is 0. The molecule has 0 saturated heterocycles. The van der Waals surface area contributed by atoms with Gasteiger partial charge < -0.3 is 10.4 Å². The first-order valence-corrected chi connectivity index (χ1v) is 7.59. The Morgan fingerprint density at radius 2 is 1.90 bits per heavy atom. The number of anilines is 1. The lowest BCUT2D eigenvalue weighted by Crippen LogP contribution is -2.13. The molecule has 2 N–H and O–H groups in total. The minimum absolute atomic E-state index is 0.175. The molecule has 110 valence electrons. The second kappa shape index (κ2) is 6.31. The molecule has 0 heterocycles. The molecule has 0 radical (unpaired) electrons. The monoisotopic (exact) mass is 347 g/mol. The number of amides is 1. The van der Waals surface area contributed by atoms with Crippen LogP contribution < -0.4 is 5.32 Å². The van der Waals surface area contributed by atoms with Crippen LogP contribution in [0.25, 0.3) is 0 Å². The zero-order valence-electron chi connectivity index (χ0n) is 12.3. The number of hydrogen-bond donors (Lipinski definition) is 2. The number of rotatable bonds is 3. The van der Waals surface area contributed by atoms with Gasteiger partial charge in [-0.3, -0.25) is 4.79 Å². The normalized spacial score (nSPS) is 10.7. The van der Waals surface area contributed by atoms with Crippen molar-refractivity contribution in [1.82, 2.24) is 0 Å². The van der Waals surface area contributed by atoms with Crippen LogP contribution >= 0.6 is 15.9 Å². The molecule has 2 aromatic carbocycles. The molecule has 2 aromatic rings. The van der Waals surface area contributed by atoms with Crippen molar-refractivity contribution in [3.8, 4) is 5.75 Å². The van der Waals surface area contributed by atoms with Crippen molar-refractivity contribution in [2.24, 2.45) is 0 Å². The van der Waals surface area contributed by atoms with Crippen LogP contribution in [0.2, 0.25) is 0 Å². The average Bonchev–Trinajstić information content (AvgIpc) is 2.41. The van der Waals surface area contributed by atoms with E-state index in [0.717, 1.165) is 21.3 Å². The Morgan fingerprint density at radius 3 is 2.52 bits per heavy atom. The Morgan fingerprint density at radius 1 is 1.24 bits per heavy atom. The third-order valence-corrected chi connectivity index (χ3v) is 4.05. The van der Waals surface area contributed by atoms with Crippen LogP contribution in [0, 0.1) is 6.92 Å². The summed E-state index contributed by atoms with van der Waals surface area (Å²) in [7, 11) is 0. The molecule has 0 bridgehead atoms. The molecule has 4 heteroatoms. The highest BCUT2D eigenvalue weighted by molar-refractivity contribution is 9.10. The highest BCUT2D eigenvalue weighted by Crippen LogP contribution is 2.31. The van der Waals surface area contributed by atoms with Crippen LogP contribution in [-0.2, 0) is 0 Å². The molecular formula is C17H18BrNO2. The van der Waals surface area contributed by atoms with E-state index in [4.69, 9.17) is 0 Å². The summed E-state index contributed by atoms with van der Waals surface area (Å²) < 4.78 is 0.753. The lowest BCUT2D eigenvalue weighted by atomic mass is 9.99. The van der Waals surface area contributed by atoms with E-state index in [1.54, 1.807) is 12.1 Å². The number of aryl methyl sites for hydroxylation is 1. The van der Waals surface area contributed by atoms with Crippen LogP contribution in [0.15, 0.2) is 40.9 Å². The second-order valence-electron chi connectivity index (χ2n) is 5.31. The zero-order valence-corrected chi connectivity index (χ0v) is 13.9. The highest BCUT2D eigenvalue weighted by Gasteiger charge is 2.14. The lowest BCUT2D eigenvalue weighted by Gasteiger charge is -2.15.